The average Bonchev–Trinajstić information content (AvgIpc) is 2.70. The van der Waals surface area contributed by atoms with Gasteiger partial charge >= 0.3 is 0 Å². The van der Waals surface area contributed by atoms with E-state index < -0.39 is 15.9 Å². The molecule has 0 unspecified atom stereocenters. The van der Waals surface area contributed by atoms with Gasteiger partial charge in [-0.25, -0.2) is 13.1 Å². The van der Waals surface area contributed by atoms with E-state index in [1.54, 1.807) is 12.1 Å². The summed E-state index contributed by atoms with van der Waals surface area (Å²) in [5, 5.41) is 3.70. The van der Waals surface area contributed by atoms with Crippen LogP contribution in [0.1, 0.15) is 107 Å². The van der Waals surface area contributed by atoms with Crippen molar-refractivity contribution in [3.05, 3.63) is 28.8 Å². The van der Waals surface area contributed by atoms with Crippen LogP contribution in [0.25, 0.3) is 0 Å². The van der Waals surface area contributed by atoms with Crippen LogP contribution < -0.4 is 10.0 Å². The molecule has 1 aromatic rings. The molecule has 7 heteroatoms. The number of nitrogens with one attached hydrogen (secondary N) is 2. The molecule has 5 nitrogen and oxygen atoms in total. The van der Waals surface area contributed by atoms with Gasteiger partial charge in [0.05, 0.1) is 17.0 Å². The molecule has 1 aromatic carbocycles. The Hall–Kier alpha value is -1.27. The maximum atomic E-state index is 11.9. The van der Waals surface area contributed by atoms with E-state index in [0.717, 1.165) is 24.9 Å². The van der Waals surface area contributed by atoms with Crippen molar-refractivity contribution in [2.45, 2.75) is 96.8 Å². The summed E-state index contributed by atoms with van der Waals surface area (Å²) in [4.78, 5) is 11.9. The van der Waals surface area contributed by atoms with E-state index in [1.807, 2.05) is 4.72 Å². The highest BCUT2D eigenvalue weighted by Gasteiger charge is 2.12. The molecule has 31 heavy (non-hydrogen) atoms. The average molecular weight is 473 g/mol. The predicted octanol–water partition coefficient (Wildman–Crippen LogP) is 6.92. The fourth-order valence-electron chi connectivity index (χ4n) is 3.57. The number of sulfonamides is 1. The summed E-state index contributed by atoms with van der Waals surface area (Å²) in [6, 6.07) is 4.76. The number of benzene rings is 1. The third kappa shape index (κ3) is 14.4. The maximum absolute atomic E-state index is 11.9. The first-order valence-electron chi connectivity index (χ1n) is 11.9. The van der Waals surface area contributed by atoms with Crippen molar-refractivity contribution in [3.63, 3.8) is 0 Å². The third-order valence-corrected chi connectivity index (χ3v) is 6.22. The van der Waals surface area contributed by atoms with Gasteiger partial charge in [-0.15, -0.1) is 0 Å². The van der Waals surface area contributed by atoms with Gasteiger partial charge < -0.3 is 5.32 Å². The lowest BCUT2D eigenvalue weighted by Gasteiger charge is -2.10. The summed E-state index contributed by atoms with van der Waals surface area (Å²) < 4.78 is 24.3. The molecule has 1 amide bonds. The Kier molecular flexibility index (Phi) is 14.7. The van der Waals surface area contributed by atoms with E-state index >= 15 is 0 Å². The van der Waals surface area contributed by atoms with E-state index in [4.69, 9.17) is 11.6 Å². The lowest BCUT2D eigenvalue weighted by Crippen LogP contribution is -2.29. The molecular formula is C24H41ClN2O3S. The van der Waals surface area contributed by atoms with Crippen LogP contribution in [0.4, 0.5) is 5.69 Å². The van der Waals surface area contributed by atoms with Gasteiger partial charge in [-0.1, -0.05) is 102 Å². The van der Waals surface area contributed by atoms with Crippen molar-refractivity contribution < 1.29 is 13.2 Å². The number of hydrogen-bond donors (Lipinski definition) is 2. The predicted molar refractivity (Wildman–Crippen MR) is 133 cm³/mol. The zero-order valence-electron chi connectivity index (χ0n) is 19.3. The van der Waals surface area contributed by atoms with Crippen LogP contribution in [0.3, 0.4) is 0 Å². The quantitative estimate of drug-likeness (QED) is 0.227. The summed E-state index contributed by atoms with van der Waals surface area (Å²) >= 11 is 6.22. The fourth-order valence-corrected chi connectivity index (χ4v) is 4.27. The van der Waals surface area contributed by atoms with Crippen LogP contribution in [-0.2, 0) is 10.0 Å². The number of anilines is 1. The van der Waals surface area contributed by atoms with Crippen molar-refractivity contribution in [1.82, 2.24) is 4.72 Å². The van der Waals surface area contributed by atoms with Gasteiger partial charge in [0.1, 0.15) is 0 Å². The lowest BCUT2D eigenvalue weighted by molar-refractivity contribution is 0.0981. The molecule has 0 aliphatic rings. The molecule has 0 heterocycles. The molecule has 0 fully saturated rings. The zero-order valence-corrected chi connectivity index (χ0v) is 20.9. The molecular weight excluding hydrogens is 432 g/mol. The second-order valence-corrected chi connectivity index (χ2v) is 10.6. The van der Waals surface area contributed by atoms with E-state index in [2.05, 4.69) is 12.2 Å². The standard InChI is InChI=1S/C24H41ClN2O3S/c1-3-4-5-6-7-8-9-10-11-12-13-14-15-16-19-26-23-18-17-21(20-22(23)25)24(28)27-31(2,29)30/h17-18,20,26H,3-16,19H2,1-2H3,(H,27,28). The zero-order chi connectivity index (χ0) is 23.0. The highest BCUT2D eigenvalue weighted by Crippen LogP contribution is 2.23. The molecule has 178 valence electrons. The number of unbranched alkanes of at least 4 members (excludes halogenated alkanes) is 13. The largest absolute Gasteiger partial charge is 0.384 e. The van der Waals surface area contributed by atoms with Crippen LogP contribution in [0.15, 0.2) is 18.2 Å². The summed E-state index contributed by atoms with van der Waals surface area (Å²) in [7, 11) is -3.59. The minimum Gasteiger partial charge on any atom is -0.384 e. The van der Waals surface area contributed by atoms with Gasteiger partial charge in [-0.2, -0.15) is 0 Å². The van der Waals surface area contributed by atoms with Crippen LogP contribution in [-0.4, -0.2) is 27.1 Å². The fraction of sp³-hybridized carbons (Fsp3) is 0.708. The van der Waals surface area contributed by atoms with Crippen molar-refractivity contribution in [2.75, 3.05) is 18.1 Å². The monoisotopic (exact) mass is 472 g/mol. The Labute approximate surface area is 194 Å². The number of rotatable bonds is 18. The number of halogens is 1. The summed E-state index contributed by atoms with van der Waals surface area (Å²) in [6.45, 7) is 3.09. The molecule has 1 rings (SSSR count). The highest BCUT2D eigenvalue weighted by atomic mass is 35.5. The normalized spacial score (nSPS) is 11.5. The molecule has 0 saturated heterocycles. The Balaban J connectivity index is 2.05. The van der Waals surface area contributed by atoms with E-state index in [1.165, 1.54) is 89.5 Å². The van der Waals surface area contributed by atoms with Crippen LogP contribution in [0.5, 0.6) is 0 Å². The molecule has 0 aliphatic heterocycles. The second-order valence-electron chi connectivity index (χ2n) is 8.42. The Morgan fingerprint density at radius 2 is 1.32 bits per heavy atom. The van der Waals surface area contributed by atoms with E-state index in [-0.39, 0.29) is 5.56 Å². The number of carbonyl (C=O) groups is 1. The minimum atomic E-state index is -3.59. The Bertz CT molecular complexity index is 738. The minimum absolute atomic E-state index is 0.220. The maximum Gasteiger partial charge on any atom is 0.264 e. The van der Waals surface area contributed by atoms with Gasteiger partial charge in [0.25, 0.3) is 5.91 Å². The Morgan fingerprint density at radius 3 is 1.77 bits per heavy atom. The van der Waals surface area contributed by atoms with Gasteiger partial charge in [0, 0.05) is 12.1 Å². The molecule has 0 saturated carbocycles. The molecule has 2 N–H and O–H groups in total. The van der Waals surface area contributed by atoms with E-state index in [9.17, 15) is 13.2 Å². The molecule has 0 bridgehead atoms. The first kappa shape index (κ1) is 27.8. The van der Waals surface area contributed by atoms with Crippen molar-refractivity contribution in [3.8, 4) is 0 Å². The number of carbonyl (C=O) groups excluding carboxylic acids is 1. The highest BCUT2D eigenvalue weighted by molar-refractivity contribution is 7.89. The van der Waals surface area contributed by atoms with E-state index in [0.29, 0.717) is 5.02 Å². The number of amides is 1. The first-order valence-corrected chi connectivity index (χ1v) is 14.2. The van der Waals surface area contributed by atoms with Gasteiger partial charge in [0.2, 0.25) is 10.0 Å². The first-order chi connectivity index (χ1) is 14.8. The SMILES string of the molecule is CCCCCCCCCCCCCCCCNc1ccc(C(=O)NS(C)(=O)=O)cc1Cl. The summed E-state index contributed by atoms with van der Waals surface area (Å²) in [6.07, 6.45) is 19.6. The van der Waals surface area contributed by atoms with Crippen molar-refractivity contribution in [2.24, 2.45) is 0 Å². The Morgan fingerprint density at radius 1 is 0.839 bits per heavy atom. The lowest BCUT2D eigenvalue weighted by atomic mass is 10.0. The molecule has 0 aromatic heterocycles. The van der Waals surface area contributed by atoms with Gasteiger partial charge in [-0.05, 0) is 24.6 Å². The van der Waals surface area contributed by atoms with Gasteiger partial charge in [0.15, 0.2) is 0 Å². The molecule has 0 spiro atoms. The molecule has 0 radical (unpaired) electrons. The summed E-state index contributed by atoms with van der Waals surface area (Å²) in [5.74, 6) is -0.678. The summed E-state index contributed by atoms with van der Waals surface area (Å²) in [5.41, 5.74) is 0.977. The smallest absolute Gasteiger partial charge is 0.264 e. The molecule has 0 atom stereocenters. The molecule has 0 aliphatic carbocycles. The van der Waals surface area contributed by atoms with Crippen molar-refractivity contribution in [1.29, 1.82) is 0 Å². The topological polar surface area (TPSA) is 75.3 Å². The van der Waals surface area contributed by atoms with Crippen LogP contribution in [0, 0.1) is 0 Å². The van der Waals surface area contributed by atoms with Crippen LogP contribution in [0.2, 0.25) is 5.02 Å². The second kappa shape index (κ2) is 16.4. The van der Waals surface area contributed by atoms with Gasteiger partial charge in [-0.3, -0.25) is 4.79 Å². The number of hydrogen-bond acceptors (Lipinski definition) is 4. The van der Waals surface area contributed by atoms with Crippen LogP contribution >= 0.6 is 11.6 Å². The van der Waals surface area contributed by atoms with Crippen molar-refractivity contribution >= 4 is 33.2 Å². The third-order valence-electron chi connectivity index (χ3n) is 5.36.